The molecule has 0 unspecified atom stereocenters. The number of hydrogen-bond acceptors (Lipinski definition) is 6. The number of nitrogen functional groups attached to an aromatic ring is 1. The van der Waals surface area contributed by atoms with E-state index in [1.54, 1.807) is 6.92 Å². The van der Waals surface area contributed by atoms with Gasteiger partial charge in [-0.25, -0.2) is 15.0 Å². The fourth-order valence-corrected chi connectivity index (χ4v) is 2.30. The van der Waals surface area contributed by atoms with Gasteiger partial charge in [0.1, 0.15) is 4.88 Å². The van der Waals surface area contributed by atoms with Crippen molar-refractivity contribution in [3.8, 4) is 0 Å². The van der Waals surface area contributed by atoms with E-state index in [0.29, 0.717) is 21.7 Å². The number of nitrogens with one attached hydrogen (secondary N) is 1. The van der Waals surface area contributed by atoms with Crippen LogP contribution in [0.1, 0.15) is 26.8 Å². The van der Waals surface area contributed by atoms with E-state index in [1.165, 1.54) is 0 Å². The first-order valence-corrected chi connectivity index (χ1v) is 6.14. The molecule has 2 aromatic heterocycles. The van der Waals surface area contributed by atoms with Crippen molar-refractivity contribution in [1.82, 2.24) is 15.0 Å². The molecule has 2 rings (SSSR count). The maximum atomic E-state index is 12.0. The number of nitrogens with two attached hydrogens (primary N) is 1. The molecule has 0 saturated heterocycles. The van der Waals surface area contributed by atoms with Gasteiger partial charge < -0.3 is 5.73 Å². The summed E-state index contributed by atoms with van der Waals surface area (Å²) in [6, 6.07) is 1.84. The molecule has 0 spiro atoms. The van der Waals surface area contributed by atoms with Crippen LogP contribution in [0.2, 0.25) is 0 Å². The molecule has 2 aromatic rings. The molecule has 3 N–H and O–H groups in total. The Bertz CT molecular complexity index is 587. The second-order valence-corrected chi connectivity index (χ2v) is 4.93. The van der Waals surface area contributed by atoms with Crippen LogP contribution in [0, 0.1) is 20.8 Å². The normalized spacial score (nSPS) is 10.4. The van der Waals surface area contributed by atoms with E-state index in [9.17, 15) is 4.79 Å². The number of hydrogen-bond donors (Lipinski definition) is 2. The molecular weight excluding hydrogens is 250 g/mol. The Morgan fingerprint density at radius 3 is 2.33 bits per heavy atom. The van der Waals surface area contributed by atoms with Gasteiger partial charge in [0.2, 0.25) is 5.95 Å². The van der Waals surface area contributed by atoms with Gasteiger partial charge in [0.05, 0.1) is 5.69 Å². The van der Waals surface area contributed by atoms with Crippen LogP contribution in [-0.2, 0) is 0 Å². The number of carbonyl (C=O) groups excluding carboxylic acids is 1. The lowest BCUT2D eigenvalue weighted by Crippen LogP contribution is -2.14. The summed E-state index contributed by atoms with van der Waals surface area (Å²) in [5.74, 6) is 0.00979. The van der Waals surface area contributed by atoms with Crippen LogP contribution in [0.3, 0.4) is 0 Å². The molecule has 94 valence electrons. The van der Waals surface area contributed by atoms with E-state index in [1.807, 2.05) is 19.9 Å². The molecule has 0 aliphatic rings. The zero-order valence-electron chi connectivity index (χ0n) is 10.3. The van der Waals surface area contributed by atoms with E-state index >= 15 is 0 Å². The summed E-state index contributed by atoms with van der Waals surface area (Å²) < 4.78 is 0. The quantitative estimate of drug-likeness (QED) is 0.860. The summed E-state index contributed by atoms with van der Waals surface area (Å²) in [5.41, 5.74) is 7.77. The second kappa shape index (κ2) is 4.69. The monoisotopic (exact) mass is 263 g/mol. The Morgan fingerprint density at radius 2 is 1.83 bits per heavy atom. The predicted octanol–water partition coefficient (Wildman–Crippen LogP) is 1.69. The molecule has 6 nitrogen and oxygen atoms in total. The number of anilines is 2. The number of aromatic nitrogens is 3. The fourth-order valence-electron chi connectivity index (χ4n) is 1.57. The lowest BCUT2D eigenvalue weighted by atomic mass is 10.3. The number of thiazole rings is 1. The zero-order valence-corrected chi connectivity index (χ0v) is 11.1. The zero-order chi connectivity index (χ0) is 13.3. The van der Waals surface area contributed by atoms with Gasteiger partial charge in [-0.3, -0.25) is 10.1 Å². The average molecular weight is 263 g/mol. The van der Waals surface area contributed by atoms with Gasteiger partial charge >= 0.3 is 0 Å². The van der Waals surface area contributed by atoms with Crippen LogP contribution in [0.5, 0.6) is 0 Å². The van der Waals surface area contributed by atoms with Crippen molar-refractivity contribution in [3.05, 3.63) is 28.0 Å². The summed E-state index contributed by atoms with van der Waals surface area (Å²) in [6.45, 7) is 5.44. The topological polar surface area (TPSA) is 93.8 Å². The standard InChI is InChI=1S/C11H13N5OS/c1-5-4-6(2)14-11(13-5)16-9(17)8-7(3)15-10(12)18-8/h4H,1-3H3,(H2,12,15)(H,13,14,16,17). The molecule has 0 aliphatic heterocycles. The lowest BCUT2D eigenvalue weighted by Gasteiger charge is -2.04. The van der Waals surface area contributed by atoms with Crippen LogP contribution in [0.15, 0.2) is 6.07 Å². The first-order chi connectivity index (χ1) is 8.45. The summed E-state index contributed by atoms with van der Waals surface area (Å²) in [4.78, 5) is 24.8. The molecule has 18 heavy (non-hydrogen) atoms. The van der Waals surface area contributed by atoms with Crippen molar-refractivity contribution >= 4 is 28.3 Å². The number of aryl methyl sites for hydroxylation is 3. The maximum absolute atomic E-state index is 12.0. The number of amides is 1. The van der Waals surface area contributed by atoms with Crippen molar-refractivity contribution < 1.29 is 4.79 Å². The Hall–Kier alpha value is -2.02. The van der Waals surface area contributed by atoms with Crippen LogP contribution in [0.4, 0.5) is 11.1 Å². The molecule has 0 saturated carbocycles. The van der Waals surface area contributed by atoms with Crippen LogP contribution in [0.25, 0.3) is 0 Å². The third-order valence-electron chi connectivity index (χ3n) is 2.23. The molecule has 0 bridgehead atoms. The smallest absolute Gasteiger partial charge is 0.270 e. The van der Waals surface area contributed by atoms with Crippen LogP contribution < -0.4 is 11.1 Å². The van der Waals surface area contributed by atoms with E-state index < -0.39 is 0 Å². The third kappa shape index (κ3) is 2.62. The molecule has 2 heterocycles. The van der Waals surface area contributed by atoms with Gasteiger partial charge in [-0.1, -0.05) is 11.3 Å². The van der Waals surface area contributed by atoms with Crippen molar-refractivity contribution in [3.63, 3.8) is 0 Å². The van der Waals surface area contributed by atoms with E-state index in [-0.39, 0.29) is 5.91 Å². The minimum absolute atomic E-state index is 0.285. The first kappa shape index (κ1) is 12.4. The predicted molar refractivity (Wildman–Crippen MR) is 70.7 cm³/mol. The Morgan fingerprint density at radius 1 is 1.22 bits per heavy atom. The third-order valence-corrected chi connectivity index (χ3v) is 3.21. The molecule has 0 aliphatic carbocycles. The van der Waals surface area contributed by atoms with Crippen LogP contribution >= 0.6 is 11.3 Å². The second-order valence-electron chi connectivity index (χ2n) is 3.90. The van der Waals surface area contributed by atoms with Gasteiger partial charge in [-0.05, 0) is 26.8 Å². The number of rotatable bonds is 2. The maximum Gasteiger partial charge on any atom is 0.270 e. The number of nitrogens with zero attached hydrogens (tertiary/aromatic N) is 3. The average Bonchev–Trinajstić information content (AvgIpc) is 2.56. The first-order valence-electron chi connectivity index (χ1n) is 5.32. The Labute approximate surface area is 108 Å². The summed E-state index contributed by atoms with van der Waals surface area (Å²) in [5, 5.41) is 3.02. The van der Waals surface area contributed by atoms with Gasteiger partial charge in [-0.15, -0.1) is 0 Å². The molecule has 1 amide bonds. The van der Waals surface area contributed by atoms with E-state index in [0.717, 1.165) is 22.7 Å². The molecule has 0 atom stereocenters. The number of carbonyl (C=O) groups is 1. The van der Waals surface area contributed by atoms with Crippen molar-refractivity contribution in [2.24, 2.45) is 0 Å². The summed E-state index contributed by atoms with van der Waals surface area (Å²) in [6.07, 6.45) is 0. The Balaban J connectivity index is 2.23. The molecule has 0 fully saturated rings. The highest BCUT2D eigenvalue weighted by molar-refractivity contribution is 7.17. The largest absolute Gasteiger partial charge is 0.375 e. The molecule has 0 radical (unpaired) electrons. The fraction of sp³-hybridized carbons (Fsp3) is 0.273. The van der Waals surface area contributed by atoms with Gasteiger partial charge in [0, 0.05) is 11.4 Å². The Kier molecular flexibility index (Phi) is 3.24. The minimum Gasteiger partial charge on any atom is -0.375 e. The molecule has 0 aromatic carbocycles. The summed E-state index contributed by atoms with van der Waals surface area (Å²) in [7, 11) is 0. The molecule has 7 heteroatoms. The SMILES string of the molecule is Cc1cc(C)nc(NC(=O)c2sc(N)nc2C)n1. The molecular formula is C11H13N5OS. The van der Waals surface area contributed by atoms with Crippen LogP contribution in [-0.4, -0.2) is 20.9 Å². The lowest BCUT2D eigenvalue weighted by molar-refractivity contribution is 0.102. The van der Waals surface area contributed by atoms with Crippen molar-refractivity contribution in [1.29, 1.82) is 0 Å². The van der Waals surface area contributed by atoms with Gasteiger partial charge in [0.25, 0.3) is 5.91 Å². The van der Waals surface area contributed by atoms with E-state index in [4.69, 9.17) is 5.73 Å². The minimum atomic E-state index is -0.285. The highest BCUT2D eigenvalue weighted by Gasteiger charge is 2.15. The van der Waals surface area contributed by atoms with E-state index in [2.05, 4.69) is 20.3 Å². The highest BCUT2D eigenvalue weighted by Crippen LogP contribution is 2.20. The van der Waals surface area contributed by atoms with Gasteiger partial charge in [-0.2, -0.15) is 0 Å². The summed E-state index contributed by atoms with van der Waals surface area (Å²) >= 11 is 1.15. The highest BCUT2D eigenvalue weighted by atomic mass is 32.1. The van der Waals surface area contributed by atoms with Crippen molar-refractivity contribution in [2.75, 3.05) is 11.1 Å². The van der Waals surface area contributed by atoms with Crippen molar-refractivity contribution in [2.45, 2.75) is 20.8 Å². The van der Waals surface area contributed by atoms with Gasteiger partial charge in [0.15, 0.2) is 5.13 Å².